The Balaban J connectivity index is 1.35. The highest BCUT2D eigenvalue weighted by atomic mass is 32.2. The van der Waals surface area contributed by atoms with Crippen LogP contribution in [0.4, 0.5) is 0 Å². The summed E-state index contributed by atoms with van der Waals surface area (Å²) in [4.78, 5) is 21.8. The summed E-state index contributed by atoms with van der Waals surface area (Å²) in [6.07, 6.45) is 1.92. The molecule has 4 aromatic carbocycles. The summed E-state index contributed by atoms with van der Waals surface area (Å²) in [6.45, 7) is 0.153. The fraction of sp³-hybridized carbons (Fsp3) is 0.100. The zero-order valence-corrected chi connectivity index (χ0v) is 21.3. The van der Waals surface area contributed by atoms with Crippen molar-refractivity contribution in [3.63, 3.8) is 0 Å². The van der Waals surface area contributed by atoms with Crippen molar-refractivity contribution in [1.29, 1.82) is 0 Å². The number of fused-ring (bicyclic) bond motifs is 1. The smallest absolute Gasteiger partial charge is 0.262 e. The number of benzene rings is 4. The Morgan fingerprint density at radius 3 is 2.16 bits per heavy atom. The van der Waals surface area contributed by atoms with Crippen LogP contribution in [0.5, 0.6) is 0 Å². The summed E-state index contributed by atoms with van der Waals surface area (Å²) in [5, 5.41) is 0.918. The summed E-state index contributed by atoms with van der Waals surface area (Å²) >= 11 is 0. The lowest BCUT2D eigenvalue weighted by Crippen LogP contribution is -2.47. The zero-order chi connectivity index (χ0) is 26.4. The average molecular weight is 526 g/mol. The molecule has 5 aromatic rings. The van der Waals surface area contributed by atoms with Gasteiger partial charge in [0.05, 0.1) is 11.5 Å². The van der Waals surface area contributed by atoms with Gasteiger partial charge in [-0.25, -0.2) is 13.9 Å². The molecule has 0 aliphatic heterocycles. The van der Waals surface area contributed by atoms with Gasteiger partial charge < -0.3 is 4.98 Å². The van der Waals surface area contributed by atoms with Gasteiger partial charge in [0.1, 0.15) is 6.04 Å². The second-order valence-corrected chi connectivity index (χ2v) is 10.6. The molecule has 1 aromatic heterocycles. The maximum Gasteiger partial charge on any atom is 0.262 e. The highest BCUT2D eigenvalue weighted by molar-refractivity contribution is 7.89. The summed E-state index contributed by atoms with van der Waals surface area (Å²) in [6, 6.07) is 32.2. The number of H-pyrrole nitrogens is 1. The van der Waals surface area contributed by atoms with Gasteiger partial charge in [-0.1, -0.05) is 91.0 Å². The quantitative estimate of drug-likeness (QED) is 0.224. The fourth-order valence-corrected chi connectivity index (χ4v) is 5.45. The molecule has 1 atom stereocenters. The van der Waals surface area contributed by atoms with Crippen molar-refractivity contribution in [2.45, 2.75) is 24.0 Å². The van der Waals surface area contributed by atoms with Crippen LogP contribution in [0.2, 0.25) is 0 Å². The second-order valence-electron chi connectivity index (χ2n) is 8.87. The number of nitrogens with one attached hydrogen (secondary N) is 3. The van der Waals surface area contributed by atoms with Crippen LogP contribution < -0.4 is 10.2 Å². The minimum absolute atomic E-state index is 0.0686. The SMILES string of the molecule is O=C(NOCc1ccccc1)[C@@H](Cc1c[nH]c2ccccc12)NS(=O)(=O)c1ccc(-c2ccccc2)cc1. The molecule has 0 aliphatic carbocycles. The molecular formula is C30H27N3O4S. The van der Waals surface area contributed by atoms with Gasteiger partial charge in [-0.05, 0) is 46.9 Å². The van der Waals surface area contributed by atoms with Crippen LogP contribution in [-0.2, 0) is 32.7 Å². The van der Waals surface area contributed by atoms with E-state index in [1.165, 1.54) is 12.1 Å². The molecule has 0 unspecified atom stereocenters. The van der Waals surface area contributed by atoms with Crippen molar-refractivity contribution in [3.8, 4) is 11.1 Å². The van der Waals surface area contributed by atoms with Gasteiger partial charge >= 0.3 is 0 Å². The first-order valence-corrected chi connectivity index (χ1v) is 13.7. The summed E-state index contributed by atoms with van der Waals surface area (Å²) in [5.41, 5.74) is 6.89. The number of hydrogen-bond donors (Lipinski definition) is 3. The number of aromatic amines is 1. The maximum atomic E-state index is 13.3. The van der Waals surface area contributed by atoms with E-state index in [2.05, 4.69) is 15.2 Å². The molecule has 0 saturated carbocycles. The molecule has 3 N–H and O–H groups in total. The molecule has 0 radical (unpaired) electrons. The standard InChI is InChI=1S/C30H27N3O4S/c34-30(32-37-21-22-9-3-1-4-10-22)29(19-25-20-31-28-14-8-7-13-27(25)28)33-38(35,36)26-17-15-24(16-18-26)23-11-5-2-6-12-23/h1-18,20,29,31,33H,19,21H2,(H,32,34)/t29-/m1/s1. The number of carbonyl (C=O) groups is 1. The van der Waals surface area contributed by atoms with Crippen molar-refractivity contribution in [2.24, 2.45) is 0 Å². The number of rotatable bonds is 10. The third-order valence-corrected chi connectivity index (χ3v) is 7.73. The Morgan fingerprint density at radius 2 is 1.42 bits per heavy atom. The summed E-state index contributed by atoms with van der Waals surface area (Å²) in [5.74, 6) is -0.587. The van der Waals surface area contributed by atoms with Crippen molar-refractivity contribution in [3.05, 3.63) is 127 Å². The van der Waals surface area contributed by atoms with Crippen LogP contribution in [-0.4, -0.2) is 25.4 Å². The molecule has 192 valence electrons. The summed E-state index contributed by atoms with van der Waals surface area (Å²) < 4.78 is 29.3. The molecule has 38 heavy (non-hydrogen) atoms. The van der Waals surface area contributed by atoms with E-state index in [1.54, 1.807) is 18.3 Å². The molecule has 7 nitrogen and oxygen atoms in total. The summed E-state index contributed by atoms with van der Waals surface area (Å²) in [7, 11) is -4.01. The Morgan fingerprint density at radius 1 is 0.789 bits per heavy atom. The topological polar surface area (TPSA) is 100 Å². The zero-order valence-electron chi connectivity index (χ0n) is 20.5. The molecule has 0 bridgehead atoms. The first-order valence-electron chi connectivity index (χ1n) is 12.2. The number of sulfonamides is 1. The van der Waals surface area contributed by atoms with Gasteiger partial charge in [-0.15, -0.1) is 0 Å². The Bertz CT molecular complexity index is 1620. The molecule has 0 aliphatic rings. The number of amides is 1. The van der Waals surface area contributed by atoms with Crippen molar-refractivity contribution in [2.75, 3.05) is 0 Å². The molecular weight excluding hydrogens is 498 g/mol. The molecule has 5 rings (SSSR count). The van der Waals surface area contributed by atoms with Crippen LogP contribution in [0, 0.1) is 0 Å². The number of aromatic nitrogens is 1. The highest BCUT2D eigenvalue weighted by Crippen LogP contribution is 2.23. The van der Waals surface area contributed by atoms with E-state index in [1.807, 2.05) is 84.9 Å². The third kappa shape index (κ3) is 6.00. The van der Waals surface area contributed by atoms with Crippen molar-refractivity contribution in [1.82, 2.24) is 15.2 Å². The van der Waals surface area contributed by atoms with E-state index in [0.29, 0.717) is 0 Å². The molecule has 0 spiro atoms. The number of hydroxylamine groups is 1. The third-order valence-electron chi connectivity index (χ3n) is 6.24. The monoisotopic (exact) mass is 525 g/mol. The predicted octanol–water partition coefficient (Wildman–Crippen LogP) is 4.97. The van der Waals surface area contributed by atoms with Gasteiger partial charge in [-0.3, -0.25) is 9.63 Å². The van der Waals surface area contributed by atoms with E-state index >= 15 is 0 Å². The van der Waals surface area contributed by atoms with Crippen LogP contribution in [0.3, 0.4) is 0 Å². The molecule has 0 saturated heterocycles. The normalized spacial score (nSPS) is 12.3. The lowest BCUT2D eigenvalue weighted by molar-refractivity contribution is -0.136. The van der Waals surface area contributed by atoms with Gasteiger partial charge in [0, 0.05) is 17.1 Å². The van der Waals surface area contributed by atoms with E-state index in [9.17, 15) is 13.2 Å². The number of para-hydroxylation sites is 1. The number of carbonyl (C=O) groups excluding carboxylic acids is 1. The van der Waals surface area contributed by atoms with Crippen LogP contribution in [0.1, 0.15) is 11.1 Å². The highest BCUT2D eigenvalue weighted by Gasteiger charge is 2.27. The van der Waals surface area contributed by atoms with Crippen molar-refractivity contribution < 1.29 is 18.0 Å². The first-order chi connectivity index (χ1) is 18.5. The average Bonchev–Trinajstić information content (AvgIpc) is 3.36. The van der Waals surface area contributed by atoms with E-state index in [4.69, 9.17) is 4.84 Å². The van der Waals surface area contributed by atoms with Crippen LogP contribution in [0.25, 0.3) is 22.0 Å². The second kappa shape index (κ2) is 11.4. The maximum absolute atomic E-state index is 13.3. The van der Waals surface area contributed by atoms with Gasteiger partial charge in [0.2, 0.25) is 10.0 Å². The van der Waals surface area contributed by atoms with Crippen LogP contribution >= 0.6 is 0 Å². The molecule has 0 fully saturated rings. The Labute approximate surface area is 221 Å². The fourth-order valence-electron chi connectivity index (χ4n) is 4.26. The van der Waals surface area contributed by atoms with Gasteiger partial charge in [-0.2, -0.15) is 4.72 Å². The molecule has 8 heteroatoms. The minimum atomic E-state index is -4.01. The van der Waals surface area contributed by atoms with Crippen molar-refractivity contribution >= 4 is 26.8 Å². The molecule has 1 amide bonds. The van der Waals surface area contributed by atoms with E-state index < -0.39 is 22.0 Å². The van der Waals surface area contributed by atoms with E-state index in [-0.39, 0.29) is 17.9 Å². The number of hydrogen-bond acceptors (Lipinski definition) is 4. The first kappa shape index (κ1) is 25.4. The lowest BCUT2D eigenvalue weighted by Gasteiger charge is -2.18. The van der Waals surface area contributed by atoms with Gasteiger partial charge in [0.25, 0.3) is 5.91 Å². The largest absolute Gasteiger partial charge is 0.361 e. The van der Waals surface area contributed by atoms with Gasteiger partial charge in [0.15, 0.2) is 0 Å². The Hall–Kier alpha value is -4.24. The van der Waals surface area contributed by atoms with Crippen LogP contribution in [0.15, 0.2) is 120 Å². The Kier molecular flexibility index (Phi) is 7.65. The lowest BCUT2D eigenvalue weighted by atomic mass is 10.1. The molecule has 1 heterocycles. The van der Waals surface area contributed by atoms with E-state index in [0.717, 1.165) is 33.2 Å². The minimum Gasteiger partial charge on any atom is -0.361 e. The predicted molar refractivity (Wildman–Crippen MR) is 147 cm³/mol.